The summed E-state index contributed by atoms with van der Waals surface area (Å²) >= 11 is 0. The van der Waals surface area contributed by atoms with Crippen LogP contribution in [0.2, 0.25) is 0 Å². The molecule has 0 spiro atoms. The smallest absolute Gasteiger partial charge is 0.416 e. The van der Waals surface area contributed by atoms with Crippen LogP contribution >= 0.6 is 0 Å². The Morgan fingerprint density at radius 3 is 2.60 bits per heavy atom. The Balaban J connectivity index is 1.47. The molecule has 4 rings (SSSR count). The van der Waals surface area contributed by atoms with E-state index in [1.165, 1.54) is 12.1 Å². The van der Waals surface area contributed by atoms with Gasteiger partial charge in [0, 0.05) is 17.1 Å². The normalized spacial score (nSPS) is 21.3. The molecule has 158 valence electrons. The highest BCUT2D eigenvalue weighted by Crippen LogP contribution is 2.42. The number of rotatable bonds is 5. The number of H-pyrrole nitrogens is 1. The summed E-state index contributed by atoms with van der Waals surface area (Å²) in [6, 6.07) is 10.1. The van der Waals surface area contributed by atoms with Gasteiger partial charge >= 0.3 is 6.18 Å². The monoisotopic (exact) mass is 418 g/mol. The minimum absolute atomic E-state index is 0.111. The van der Waals surface area contributed by atoms with Crippen LogP contribution in [0.15, 0.2) is 48.7 Å². The summed E-state index contributed by atoms with van der Waals surface area (Å²) in [7, 11) is 0. The lowest BCUT2D eigenvalue weighted by Crippen LogP contribution is -2.50. The average Bonchev–Trinajstić information content (AvgIpc) is 3.12. The largest absolute Gasteiger partial charge is 0.489 e. The Morgan fingerprint density at radius 2 is 2.00 bits per heavy atom. The van der Waals surface area contributed by atoms with E-state index in [4.69, 9.17) is 4.74 Å². The first-order valence-corrected chi connectivity index (χ1v) is 9.56. The molecule has 0 bridgehead atoms. The Hall–Kier alpha value is -3.00. The molecule has 0 radical (unpaired) electrons. The first kappa shape index (κ1) is 20.3. The molecule has 8 heteroatoms. The summed E-state index contributed by atoms with van der Waals surface area (Å²) in [6.45, 7) is 1.85. The van der Waals surface area contributed by atoms with Crippen LogP contribution in [0.5, 0.6) is 5.75 Å². The second-order valence-electron chi connectivity index (χ2n) is 7.82. The summed E-state index contributed by atoms with van der Waals surface area (Å²) in [4.78, 5) is 15.6. The Bertz CT molecular complexity index is 1080. The van der Waals surface area contributed by atoms with E-state index < -0.39 is 23.3 Å². The van der Waals surface area contributed by atoms with Gasteiger partial charge in [0.25, 0.3) is 0 Å². The Kier molecular flexibility index (Phi) is 4.97. The maximum Gasteiger partial charge on any atom is 0.416 e. The molecule has 0 aliphatic heterocycles. The average molecular weight is 418 g/mol. The second kappa shape index (κ2) is 7.36. The van der Waals surface area contributed by atoms with Gasteiger partial charge in [0.05, 0.1) is 22.8 Å². The predicted molar refractivity (Wildman–Crippen MR) is 106 cm³/mol. The number of nitrogens with one attached hydrogen (secondary N) is 2. The van der Waals surface area contributed by atoms with Gasteiger partial charge < -0.3 is 20.1 Å². The molecule has 1 aromatic heterocycles. The summed E-state index contributed by atoms with van der Waals surface area (Å²) in [5.74, 6) is 0.283. The van der Waals surface area contributed by atoms with Crippen molar-refractivity contribution in [1.29, 1.82) is 0 Å². The van der Waals surface area contributed by atoms with Crippen molar-refractivity contribution < 1.29 is 27.8 Å². The SMILES string of the molecule is CC1(C(=O)Nc2c[nH]c3ccc(OCc4ccc(C(F)(F)F)cc4)cc23)CCC1O. The number of aliphatic hydroxyl groups excluding tert-OH is 1. The molecule has 2 atom stereocenters. The number of hydrogen-bond acceptors (Lipinski definition) is 3. The maximum atomic E-state index is 12.7. The van der Waals surface area contributed by atoms with Crippen molar-refractivity contribution in [2.45, 2.75) is 38.7 Å². The van der Waals surface area contributed by atoms with Crippen LogP contribution in [0, 0.1) is 5.41 Å². The number of hydrogen-bond donors (Lipinski definition) is 3. The zero-order chi connectivity index (χ0) is 21.5. The fourth-order valence-electron chi connectivity index (χ4n) is 3.49. The molecule has 30 heavy (non-hydrogen) atoms. The third kappa shape index (κ3) is 3.75. The molecule has 1 amide bonds. The number of aliphatic hydroxyl groups is 1. The molecule has 1 aliphatic rings. The molecule has 1 saturated carbocycles. The third-order valence-corrected chi connectivity index (χ3v) is 5.78. The Morgan fingerprint density at radius 1 is 1.27 bits per heavy atom. The van der Waals surface area contributed by atoms with Crippen LogP contribution in [0.25, 0.3) is 10.9 Å². The summed E-state index contributed by atoms with van der Waals surface area (Å²) in [5, 5.41) is 13.5. The maximum absolute atomic E-state index is 12.7. The molecule has 3 aromatic rings. The van der Waals surface area contributed by atoms with E-state index >= 15 is 0 Å². The zero-order valence-corrected chi connectivity index (χ0v) is 16.2. The molecule has 5 nitrogen and oxygen atoms in total. The molecule has 1 fully saturated rings. The fraction of sp³-hybridized carbons (Fsp3) is 0.318. The number of aromatic amines is 1. The molecule has 0 saturated heterocycles. The van der Waals surface area contributed by atoms with Gasteiger partial charge in [-0.1, -0.05) is 12.1 Å². The van der Waals surface area contributed by atoms with Crippen molar-refractivity contribution in [3.05, 3.63) is 59.8 Å². The van der Waals surface area contributed by atoms with Crippen molar-refractivity contribution >= 4 is 22.5 Å². The number of aromatic nitrogens is 1. The lowest BCUT2D eigenvalue weighted by Gasteiger charge is -2.41. The van der Waals surface area contributed by atoms with Crippen LogP contribution in [-0.2, 0) is 17.6 Å². The van der Waals surface area contributed by atoms with E-state index in [0.717, 1.165) is 23.0 Å². The van der Waals surface area contributed by atoms with Gasteiger partial charge in [0.1, 0.15) is 12.4 Å². The highest BCUT2D eigenvalue weighted by atomic mass is 19.4. The van der Waals surface area contributed by atoms with Crippen LogP contribution in [-0.4, -0.2) is 22.1 Å². The molecule has 3 N–H and O–H groups in total. The van der Waals surface area contributed by atoms with Gasteiger partial charge in [-0.2, -0.15) is 13.2 Å². The fourth-order valence-corrected chi connectivity index (χ4v) is 3.49. The lowest BCUT2D eigenvalue weighted by molar-refractivity contribution is -0.142. The summed E-state index contributed by atoms with van der Waals surface area (Å²) < 4.78 is 43.7. The highest BCUT2D eigenvalue weighted by molar-refractivity contribution is 6.04. The number of alkyl halides is 3. The number of halogens is 3. The van der Waals surface area contributed by atoms with Gasteiger partial charge in [0.15, 0.2) is 0 Å². The minimum atomic E-state index is -4.37. The van der Waals surface area contributed by atoms with E-state index in [1.54, 1.807) is 31.3 Å². The topological polar surface area (TPSA) is 74.4 Å². The number of anilines is 1. The standard InChI is InChI=1S/C22H21F3N2O3/c1-21(9-8-19(21)28)20(29)27-18-11-26-17-7-6-15(10-16(17)18)30-12-13-2-4-14(5-3-13)22(23,24)25/h2-7,10-11,19,26,28H,8-9,12H2,1H3,(H,27,29). The number of benzene rings is 2. The molecule has 2 aromatic carbocycles. The second-order valence-corrected chi connectivity index (χ2v) is 7.82. The third-order valence-electron chi connectivity index (χ3n) is 5.78. The van der Waals surface area contributed by atoms with Crippen molar-refractivity contribution in [2.75, 3.05) is 5.32 Å². The van der Waals surface area contributed by atoms with Crippen molar-refractivity contribution in [2.24, 2.45) is 5.41 Å². The van der Waals surface area contributed by atoms with E-state index in [0.29, 0.717) is 29.8 Å². The summed E-state index contributed by atoms with van der Waals surface area (Å²) in [6.07, 6.45) is -2.10. The molecule has 1 aliphatic carbocycles. The number of amides is 1. The van der Waals surface area contributed by atoms with Crippen LogP contribution < -0.4 is 10.1 Å². The number of carbonyl (C=O) groups excluding carboxylic acids is 1. The first-order chi connectivity index (χ1) is 14.2. The highest BCUT2D eigenvalue weighted by Gasteiger charge is 2.48. The van der Waals surface area contributed by atoms with Crippen LogP contribution in [0.4, 0.5) is 18.9 Å². The van der Waals surface area contributed by atoms with E-state index in [-0.39, 0.29) is 12.5 Å². The minimum Gasteiger partial charge on any atom is -0.489 e. The quantitative estimate of drug-likeness (QED) is 0.554. The van der Waals surface area contributed by atoms with Crippen LogP contribution in [0.1, 0.15) is 30.9 Å². The zero-order valence-electron chi connectivity index (χ0n) is 16.2. The van der Waals surface area contributed by atoms with Crippen molar-refractivity contribution in [1.82, 2.24) is 4.98 Å². The van der Waals surface area contributed by atoms with E-state index in [1.807, 2.05) is 0 Å². The van der Waals surface area contributed by atoms with Gasteiger partial charge in [-0.15, -0.1) is 0 Å². The van der Waals surface area contributed by atoms with Gasteiger partial charge in [0.2, 0.25) is 5.91 Å². The van der Waals surface area contributed by atoms with Gasteiger partial charge in [-0.3, -0.25) is 4.79 Å². The van der Waals surface area contributed by atoms with Gasteiger partial charge in [-0.05, 0) is 55.7 Å². The Labute approximate surface area is 170 Å². The molecular weight excluding hydrogens is 397 g/mol. The van der Waals surface area contributed by atoms with E-state index in [2.05, 4.69) is 10.3 Å². The summed E-state index contributed by atoms with van der Waals surface area (Å²) in [5.41, 5.74) is 0.491. The molecule has 2 unspecified atom stereocenters. The van der Waals surface area contributed by atoms with Gasteiger partial charge in [-0.25, -0.2) is 0 Å². The predicted octanol–water partition coefficient (Wildman–Crippen LogP) is 4.87. The lowest BCUT2D eigenvalue weighted by atomic mass is 9.67. The number of carbonyl (C=O) groups is 1. The van der Waals surface area contributed by atoms with Crippen molar-refractivity contribution in [3.63, 3.8) is 0 Å². The number of ether oxygens (including phenoxy) is 1. The van der Waals surface area contributed by atoms with E-state index in [9.17, 15) is 23.1 Å². The molecule has 1 heterocycles. The van der Waals surface area contributed by atoms with Crippen molar-refractivity contribution in [3.8, 4) is 5.75 Å². The number of fused-ring (bicyclic) bond motifs is 1. The van der Waals surface area contributed by atoms with Crippen LogP contribution in [0.3, 0.4) is 0 Å². The first-order valence-electron chi connectivity index (χ1n) is 9.56. The molecular formula is C22H21F3N2O3.